The number of esters is 1. The fourth-order valence-corrected chi connectivity index (χ4v) is 3.16. The molecular weight excluding hydrogens is 312 g/mol. The lowest BCUT2D eigenvalue weighted by Gasteiger charge is -2.37. The number of hydrogen-bond donors (Lipinski definition) is 2. The normalized spacial score (nSPS) is 29.0. The second-order valence-electron chi connectivity index (χ2n) is 6.35. The number of carbonyl (C=O) groups is 2. The zero-order chi connectivity index (χ0) is 17.3. The molecule has 1 aromatic rings. The van der Waals surface area contributed by atoms with Gasteiger partial charge in [-0.25, -0.2) is 4.79 Å². The number of phenols is 2. The summed E-state index contributed by atoms with van der Waals surface area (Å²) in [6.07, 6.45) is 4.98. The summed E-state index contributed by atoms with van der Waals surface area (Å²) in [6, 6.07) is 2.37. The first-order chi connectivity index (χ1) is 11.4. The molecule has 0 radical (unpaired) electrons. The fraction of sp³-hybridized carbons (Fsp3) is 0.444. The Bertz CT molecular complexity index is 687. The Balaban J connectivity index is 1.93. The first-order valence-corrected chi connectivity index (χ1v) is 8.03. The van der Waals surface area contributed by atoms with Crippen molar-refractivity contribution in [1.29, 1.82) is 0 Å². The molecule has 2 bridgehead atoms. The average Bonchev–Trinajstić information content (AvgIpc) is 2.42. The van der Waals surface area contributed by atoms with Crippen molar-refractivity contribution in [3.05, 3.63) is 35.4 Å². The lowest BCUT2D eigenvalue weighted by Crippen LogP contribution is -2.39. The second kappa shape index (κ2) is 6.65. The molecule has 0 aliphatic carbocycles. The number of hydrogen-bond acceptors (Lipinski definition) is 6. The van der Waals surface area contributed by atoms with Gasteiger partial charge in [-0.05, 0) is 31.1 Å². The maximum Gasteiger partial charge on any atom is 0.342 e. The van der Waals surface area contributed by atoms with Gasteiger partial charge < -0.3 is 19.7 Å². The first-order valence-electron chi connectivity index (χ1n) is 8.03. The number of phenolic OH excluding ortho intramolecular Hbond substituents is 2. The molecule has 6 heteroatoms. The van der Waals surface area contributed by atoms with Crippen molar-refractivity contribution in [3.8, 4) is 11.5 Å². The third-order valence-corrected chi connectivity index (χ3v) is 4.27. The zero-order valence-corrected chi connectivity index (χ0v) is 13.4. The lowest BCUT2D eigenvalue weighted by molar-refractivity contribution is -0.135. The minimum atomic E-state index is -0.709. The van der Waals surface area contributed by atoms with Gasteiger partial charge in [-0.2, -0.15) is 0 Å². The smallest absolute Gasteiger partial charge is 0.342 e. The molecule has 0 saturated carbocycles. The highest BCUT2D eigenvalue weighted by molar-refractivity contribution is 5.98. The Morgan fingerprint density at radius 1 is 1.12 bits per heavy atom. The highest BCUT2D eigenvalue weighted by Gasteiger charge is 2.32. The second-order valence-corrected chi connectivity index (χ2v) is 6.35. The summed E-state index contributed by atoms with van der Waals surface area (Å²) in [5, 5.41) is 19.7. The van der Waals surface area contributed by atoms with Crippen LogP contribution in [0, 0.1) is 0 Å². The van der Waals surface area contributed by atoms with Gasteiger partial charge in [0.1, 0.15) is 23.2 Å². The highest BCUT2D eigenvalue weighted by Crippen LogP contribution is 2.31. The Morgan fingerprint density at radius 3 is 2.62 bits per heavy atom. The summed E-state index contributed by atoms with van der Waals surface area (Å²) >= 11 is 0. The highest BCUT2D eigenvalue weighted by atomic mass is 16.6. The van der Waals surface area contributed by atoms with Crippen LogP contribution in [0.5, 0.6) is 11.5 Å². The van der Waals surface area contributed by atoms with Crippen LogP contribution >= 0.6 is 0 Å². The van der Waals surface area contributed by atoms with Gasteiger partial charge in [-0.15, -0.1) is 0 Å². The van der Waals surface area contributed by atoms with E-state index >= 15 is 0 Å². The van der Waals surface area contributed by atoms with Gasteiger partial charge in [0.2, 0.25) is 0 Å². The van der Waals surface area contributed by atoms with Crippen LogP contribution < -0.4 is 0 Å². The monoisotopic (exact) mass is 332 g/mol. The molecule has 3 atom stereocenters. The Kier molecular flexibility index (Phi) is 4.57. The van der Waals surface area contributed by atoms with Gasteiger partial charge in [-0.1, -0.05) is 6.08 Å². The maximum atomic E-state index is 12.4. The average molecular weight is 332 g/mol. The molecule has 0 spiro atoms. The van der Waals surface area contributed by atoms with Gasteiger partial charge in [0.15, 0.2) is 5.78 Å². The molecule has 1 fully saturated rings. The Morgan fingerprint density at radius 2 is 1.88 bits per heavy atom. The van der Waals surface area contributed by atoms with Crippen LogP contribution in [-0.4, -0.2) is 40.3 Å². The molecule has 3 heterocycles. The third-order valence-electron chi connectivity index (χ3n) is 4.27. The maximum absolute atomic E-state index is 12.4. The van der Waals surface area contributed by atoms with Gasteiger partial charge in [0.05, 0.1) is 12.2 Å². The summed E-state index contributed by atoms with van der Waals surface area (Å²) < 4.78 is 11.1. The minimum absolute atomic E-state index is 0.0396. The number of aromatic hydroxyl groups is 2. The molecule has 3 aliphatic rings. The summed E-state index contributed by atoms with van der Waals surface area (Å²) in [4.78, 5) is 24.5. The fourth-order valence-electron chi connectivity index (χ4n) is 3.16. The van der Waals surface area contributed by atoms with Crippen molar-refractivity contribution >= 4 is 11.8 Å². The number of ketones is 1. The summed E-state index contributed by atoms with van der Waals surface area (Å²) in [5.74, 6) is -1.54. The van der Waals surface area contributed by atoms with E-state index in [1.807, 2.05) is 0 Å². The number of fused-ring (bicyclic) bond motifs is 6. The van der Waals surface area contributed by atoms with Crippen LogP contribution in [0.1, 0.15) is 42.1 Å². The molecule has 2 N–H and O–H groups in total. The summed E-state index contributed by atoms with van der Waals surface area (Å²) in [7, 11) is 0. The van der Waals surface area contributed by atoms with E-state index in [-0.39, 0.29) is 47.4 Å². The van der Waals surface area contributed by atoms with E-state index in [2.05, 4.69) is 0 Å². The van der Waals surface area contributed by atoms with Crippen molar-refractivity contribution in [2.75, 3.05) is 0 Å². The molecule has 1 saturated heterocycles. The molecule has 3 aliphatic heterocycles. The van der Waals surface area contributed by atoms with Crippen molar-refractivity contribution in [1.82, 2.24) is 0 Å². The van der Waals surface area contributed by atoms with Crippen molar-refractivity contribution in [2.45, 2.75) is 50.9 Å². The van der Waals surface area contributed by atoms with E-state index in [1.54, 1.807) is 13.0 Å². The molecule has 6 nitrogen and oxygen atoms in total. The SMILES string of the molecule is C[C@H]1C[C@H]2CC(C/C=C/C(=O)Cc3cc(O)cc(O)c3C(=O)O1)O2. The predicted molar refractivity (Wildman–Crippen MR) is 85.0 cm³/mol. The number of ether oxygens (including phenoxy) is 2. The van der Waals surface area contributed by atoms with Gasteiger partial charge in [0.25, 0.3) is 0 Å². The number of allylic oxidation sites excluding steroid dienone is 1. The van der Waals surface area contributed by atoms with Crippen LogP contribution in [0.25, 0.3) is 0 Å². The van der Waals surface area contributed by atoms with Crippen molar-refractivity contribution < 1.29 is 29.3 Å². The van der Waals surface area contributed by atoms with Gasteiger partial charge >= 0.3 is 5.97 Å². The van der Waals surface area contributed by atoms with Crippen LogP contribution in [0.2, 0.25) is 0 Å². The molecule has 128 valence electrons. The molecule has 1 unspecified atom stereocenters. The Hall–Kier alpha value is -2.34. The third kappa shape index (κ3) is 3.59. The number of benzene rings is 1. The van der Waals surface area contributed by atoms with Crippen LogP contribution in [0.3, 0.4) is 0 Å². The van der Waals surface area contributed by atoms with Gasteiger partial charge in [0, 0.05) is 25.3 Å². The number of carbonyl (C=O) groups excluding carboxylic acids is 2. The van der Waals surface area contributed by atoms with E-state index in [9.17, 15) is 19.8 Å². The van der Waals surface area contributed by atoms with E-state index in [1.165, 1.54) is 12.1 Å². The van der Waals surface area contributed by atoms with Gasteiger partial charge in [-0.3, -0.25) is 4.79 Å². The lowest BCUT2D eigenvalue weighted by atomic mass is 9.96. The van der Waals surface area contributed by atoms with Crippen molar-refractivity contribution in [3.63, 3.8) is 0 Å². The molecular formula is C18H20O6. The molecule has 1 aromatic carbocycles. The standard InChI is InChI=1S/C18H20O6/c1-10-5-15-9-14(24-15)4-2-3-12(19)6-11-7-13(20)8-16(21)17(11)18(22)23-10/h2-3,7-8,10,14-15,20-21H,4-6,9H2,1H3/b3-2+/t10-,14?,15-/m0/s1. The topological polar surface area (TPSA) is 93.1 Å². The van der Waals surface area contributed by atoms with Crippen molar-refractivity contribution in [2.24, 2.45) is 0 Å². The molecule has 0 amide bonds. The number of rotatable bonds is 0. The summed E-state index contributed by atoms with van der Waals surface area (Å²) in [5.41, 5.74) is 0.170. The van der Waals surface area contributed by atoms with E-state index in [4.69, 9.17) is 9.47 Å². The van der Waals surface area contributed by atoms with Crippen LogP contribution in [-0.2, 0) is 20.7 Å². The van der Waals surface area contributed by atoms with E-state index in [0.717, 1.165) is 12.5 Å². The largest absolute Gasteiger partial charge is 0.508 e. The van der Waals surface area contributed by atoms with Crippen LogP contribution in [0.15, 0.2) is 24.3 Å². The first kappa shape index (κ1) is 16.5. The molecule has 0 aromatic heterocycles. The van der Waals surface area contributed by atoms with E-state index in [0.29, 0.717) is 12.8 Å². The van der Waals surface area contributed by atoms with E-state index < -0.39 is 11.7 Å². The molecule has 4 rings (SSSR count). The minimum Gasteiger partial charge on any atom is -0.508 e. The Labute approximate surface area is 139 Å². The van der Waals surface area contributed by atoms with Crippen LogP contribution in [0.4, 0.5) is 0 Å². The predicted octanol–water partition coefficient (Wildman–Crippen LogP) is 2.26. The summed E-state index contributed by atoms with van der Waals surface area (Å²) in [6.45, 7) is 1.77. The zero-order valence-electron chi connectivity index (χ0n) is 13.4. The quantitative estimate of drug-likeness (QED) is 0.708. The molecule has 24 heavy (non-hydrogen) atoms.